The van der Waals surface area contributed by atoms with Crippen molar-refractivity contribution >= 4 is 23.4 Å². The molecule has 2 aromatic heterocycles. The summed E-state index contributed by atoms with van der Waals surface area (Å²) in [4.78, 5) is 42.4. The third-order valence-corrected chi connectivity index (χ3v) is 5.68. The predicted molar refractivity (Wildman–Crippen MR) is 128 cm³/mol. The number of benzene rings is 1. The maximum Gasteiger partial charge on any atom is 0.407 e. The first kappa shape index (κ1) is 25.0. The van der Waals surface area contributed by atoms with Crippen molar-refractivity contribution in [2.45, 2.75) is 46.6 Å². The third kappa shape index (κ3) is 5.81. The predicted octanol–water partition coefficient (Wildman–Crippen LogP) is 4.73. The Kier molecular flexibility index (Phi) is 8.79. The van der Waals surface area contributed by atoms with Gasteiger partial charge in [-0.15, -0.1) is 0 Å². The van der Waals surface area contributed by atoms with Crippen LogP contribution < -0.4 is 5.32 Å². The number of fused-ring (bicyclic) bond motifs is 1. The summed E-state index contributed by atoms with van der Waals surface area (Å²) in [6, 6.07) is 9.43. The molecule has 0 saturated carbocycles. The molecule has 0 saturated heterocycles. The van der Waals surface area contributed by atoms with Gasteiger partial charge in [0, 0.05) is 24.9 Å². The van der Waals surface area contributed by atoms with E-state index in [1.165, 1.54) is 0 Å². The van der Waals surface area contributed by atoms with E-state index < -0.39 is 12.1 Å². The molecule has 1 N–H and O–H groups in total. The fourth-order valence-corrected chi connectivity index (χ4v) is 4.07. The maximum atomic E-state index is 13.6. The molecule has 1 aromatic carbocycles. The molecule has 3 rings (SSSR count). The number of amides is 1. The Labute approximate surface area is 199 Å². The molecule has 1 amide bonds. The molecule has 8 heteroatoms. The number of nitrogens with zero attached hydrogens (tertiary/aromatic N) is 2. The summed E-state index contributed by atoms with van der Waals surface area (Å²) in [5.74, 6) is -0.866. The van der Waals surface area contributed by atoms with Gasteiger partial charge >= 0.3 is 12.1 Å². The average molecular weight is 466 g/mol. The van der Waals surface area contributed by atoms with Gasteiger partial charge in [-0.3, -0.25) is 9.78 Å². The van der Waals surface area contributed by atoms with Crippen LogP contribution in [0.2, 0.25) is 0 Å². The molecule has 34 heavy (non-hydrogen) atoms. The zero-order valence-corrected chi connectivity index (χ0v) is 19.9. The normalized spacial score (nSPS) is 11.7. The van der Waals surface area contributed by atoms with E-state index in [1.54, 1.807) is 36.8 Å². The lowest BCUT2D eigenvalue weighted by Gasteiger charge is -2.16. The first-order valence-corrected chi connectivity index (χ1v) is 11.6. The highest BCUT2D eigenvalue weighted by molar-refractivity contribution is 6.06. The van der Waals surface area contributed by atoms with Crippen LogP contribution in [-0.2, 0) is 16.1 Å². The molecule has 0 aliphatic rings. The molecule has 0 radical (unpaired) electrons. The molecule has 2 heterocycles. The smallest absolute Gasteiger partial charge is 0.407 e. The molecule has 1 atom stereocenters. The molecule has 0 spiro atoms. The Hall–Kier alpha value is -3.68. The molecule has 0 fully saturated rings. The van der Waals surface area contributed by atoms with Crippen molar-refractivity contribution in [1.29, 1.82) is 0 Å². The van der Waals surface area contributed by atoms with E-state index in [0.717, 1.165) is 12.0 Å². The second kappa shape index (κ2) is 12.0. The number of esters is 1. The molecule has 0 aliphatic carbocycles. The van der Waals surface area contributed by atoms with E-state index in [9.17, 15) is 14.4 Å². The van der Waals surface area contributed by atoms with Crippen LogP contribution in [-0.4, -0.2) is 40.4 Å². The number of aromatic nitrogens is 2. The highest BCUT2D eigenvalue weighted by Crippen LogP contribution is 2.28. The molecular formula is C26H31N3O5. The van der Waals surface area contributed by atoms with Crippen molar-refractivity contribution in [3.05, 3.63) is 71.3 Å². The molecule has 3 aromatic rings. The summed E-state index contributed by atoms with van der Waals surface area (Å²) >= 11 is 0. The summed E-state index contributed by atoms with van der Waals surface area (Å²) in [7, 11) is 0. The highest BCUT2D eigenvalue weighted by atomic mass is 16.5. The average Bonchev–Trinajstić information content (AvgIpc) is 3.14. The number of carbonyl (C=O) groups is 3. The Morgan fingerprint density at radius 3 is 2.56 bits per heavy atom. The van der Waals surface area contributed by atoms with Crippen molar-refractivity contribution in [2.75, 3.05) is 13.2 Å². The van der Waals surface area contributed by atoms with Gasteiger partial charge in [0.2, 0.25) is 0 Å². The molecule has 0 aliphatic heterocycles. The maximum absolute atomic E-state index is 13.6. The monoisotopic (exact) mass is 465 g/mol. The van der Waals surface area contributed by atoms with E-state index in [2.05, 4.69) is 10.3 Å². The van der Waals surface area contributed by atoms with Crippen LogP contribution in [0.5, 0.6) is 0 Å². The van der Waals surface area contributed by atoms with Gasteiger partial charge in [0.1, 0.15) is 6.61 Å². The van der Waals surface area contributed by atoms with Crippen LogP contribution in [0, 0.1) is 12.8 Å². The lowest BCUT2D eigenvalue weighted by atomic mass is 9.91. The van der Waals surface area contributed by atoms with Gasteiger partial charge in [0.15, 0.2) is 5.78 Å². The number of ketones is 1. The number of ether oxygens (including phenoxy) is 2. The van der Waals surface area contributed by atoms with Gasteiger partial charge in [0.25, 0.3) is 0 Å². The Morgan fingerprint density at radius 2 is 1.85 bits per heavy atom. The highest BCUT2D eigenvalue weighted by Gasteiger charge is 2.29. The fraction of sp³-hybridized carbons (Fsp3) is 0.385. The van der Waals surface area contributed by atoms with E-state index >= 15 is 0 Å². The Balaban J connectivity index is 1.71. The van der Waals surface area contributed by atoms with Gasteiger partial charge < -0.3 is 19.2 Å². The second-order valence-electron chi connectivity index (χ2n) is 8.03. The number of rotatable bonds is 11. The number of nitrogens with one attached hydrogen (secondary N) is 1. The number of hydrogen-bond donors (Lipinski definition) is 1. The largest absolute Gasteiger partial charge is 0.462 e. The minimum absolute atomic E-state index is 0.0736. The lowest BCUT2D eigenvalue weighted by Crippen LogP contribution is -2.29. The molecular weight excluding hydrogens is 434 g/mol. The van der Waals surface area contributed by atoms with Crippen LogP contribution in [0.25, 0.3) is 5.52 Å². The standard InChI is InChI=1S/C26H31N3O5/c1-4-9-20(12-13-28-26(32)34-17-19-10-7-6-8-11-19)24(30)23-18(3)22(25(31)33-5-2)21-16-27-14-15-29(21)23/h6-8,10-11,14-16,20H,4-5,9,12-13,17H2,1-3H3,(H,28,32). The second-order valence-corrected chi connectivity index (χ2v) is 8.03. The third-order valence-electron chi connectivity index (χ3n) is 5.68. The van der Waals surface area contributed by atoms with E-state index in [0.29, 0.717) is 41.7 Å². The van der Waals surface area contributed by atoms with E-state index in [4.69, 9.17) is 9.47 Å². The van der Waals surface area contributed by atoms with Gasteiger partial charge in [-0.05, 0) is 37.8 Å². The number of alkyl carbamates (subject to hydrolysis) is 1. The van der Waals surface area contributed by atoms with Crippen LogP contribution in [0.4, 0.5) is 4.79 Å². The Bertz CT molecular complexity index is 1140. The first-order chi connectivity index (χ1) is 16.5. The minimum Gasteiger partial charge on any atom is -0.462 e. The van der Waals surface area contributed by atoms with Gasteiger partial charge in [-0.2, -0.15) is 0 Å². The summed E-state index contributed by atoms with van der Waals surface area (Å²) in [6.45, 7) is 6.24. The van der Waals surface area contributed by atoms with E-state index in [-0.39, 0.29) is 24.9 Å². The minimum atomic E-state index is -0.522. The van der Waals surface area contributed by atoms with Crippen molar-refractivity contribution in [2.24, 2.45) is 5.92 Å². The van der Waals surface area contributed by atoms with Crippen molar-refractivity contribution in [1.82, 2.24) is 14.7 Å². The summed E-state index contributed by atoms with van der Waals surface area (Å²) in [5.41, 5.74) is 2.83. The SMILES string of the molecule is CCCC(CCNC(=O)OCc1ccccc1)C(=O)c1c(C)c(C(=O)OCC)c2cnccn12. The van der Waals surface area contributed by atoms with Crippen molar-refractivity contribution in [3.63, 3.8) is 0 Å². The summed E-state index contributed by atoms with van der Waals surface area (Å²) < 4.78 is 12.2. The number of Topliss-reactive ketones (excluding diaryl/α,β-unsaturated/α-hetero) is 1. The fourth-order valence-electron chi connectivity index (χ4n) is 4.07. The van der Waals surface area contributed by atoms with Crippen LogP contribution in [0.3, 0.4) is 0 Å². The van der Waals surface area contributed by atoms with Gasteiger partial charge in [-0.1, -0.05) is 43.7 Å². The summed E-state index contributed by atoms with van der Waals surface area (Å²) in [5, 5.41) is 2.74. The molecule has 1 unspecified atom stereocenters. The van der Waals surface area contributed by atoms with Crippen molar-refractivity contribution < 1.29 is 23.9 Å². The lowest BCUT2D eigenvalue weighted by molar-refractivity contribution is 0.0528. The van der Waals surface area contributed by atoms with Crippen LogP contribution in [0.1, 0.15) is 65.1 Å². The molecule has 0 bridgehead atoms. The van der Waals surface area contributed by atoms with Crippen LogP contribution in [0.15, 0.2) is 48.9 Å². The van der Waals surface area contributed by atoms with Gasteiger partial charge in [0.05, 0.1) is 29.6 Å². The quantitative estimate of drug-likeness (QED) is 0.325. The Morgan fingerprint density at radius 1 is 1.09 bits per heavy atom. The van der Waals surface area contributed by atoms with Crippen LogP contribution >= 0.6 is 0 Å². The molecule has 180 valence electrons. The molecule has 8 nitrogen and oxygen atoms in total. The number of carbonyl (C=O) groups excluding carboxylic acids is 3. The zero-order chi connectivity index (χ0) is 24.5. The summed E-state index contributed by atoms with van der Waals surface area (Å²) in [6.07, 6.45) is 6.23. The zero-order valence-electron chi connectivity index (χ0n) is 19.9. The number of hydrogen-bond acceptors (Lipinski definition) is 6. The first-order valence-electron chi connectivity index (χ1n) is 11.6. The van der Waals surface area contributed by atoms with Crippen molar-refractivity contribution in [3.8, 4) is 0 Å². The topological polar surface area (TPSA) is 99.0 Å². The van der Waals surface area contributed by atoms with E-state index in [1.807, 2.05) is 37.3 Å². The van der Waals surface area contributed by atoms with Gasteiger partial charge in [-0.25, -0.2) is 9.59 Å².